The van der Waals surface area contributed by atoms with Crippen LogP contribution < -0.4 is 4.90 Å². The highest BCUT2D eigenvalue weighted by Crippen LogP contribution is 2.30. The Morgan fingerprint density at radius 1 is 1.10 bits per heavy atom. The summed E-state index contributed by atoms with van der Waals surface area (Å²) in [4.78, 5) is 14.9. The first-order valence-electron chi connectivity index (χ1n) is 7.31. The number of nitrogens with zero attached hydrogens (tertiary/aromatic N) is 3. The summed E-state index contributed by atoms with van der Waals surface area (Å²) in [5.74, 6) is 1.06. The number of rotatable bonds is 1. The minimum Gasteiger partial charge on any atom is -0.355 e. The molecule has 0 spiro atoms. The molecule has 0 aliphatic carbocycles. The van der Waals surface area contributed by atoms with Gasteiger partial charge in [-0.05, 0) is 37.8 Å². The highest BCUT2D eigenvalue weighted by molar-refractivity contribution is 6.08. The third kappa shape index (κ3) is 1.75. The molecular weight excluding hydrogens is 248 g/mol. The van der Waals surface area contributed by atoms with Gasteiger partial charge in [0.1, 0.15) is 17.4 Å². The fourth-order valence-electron chi connectivity index (χ4n) is 3.14. The second-order valence-corrected chi connectivity index (χ2v) is 5.64. The molecule has 1 fully saturated rings. The molecule has 1 saturated heterocycles. The number of nitrogens with one attached hydrogen (secondary N) is 1. The van der Waals surface area contributed by atoms with E-state index < -0.39 is 0 Å². The second kappa shape index (κ2) is 4.47. The van der Waals surface area contributed by atoms with Gasteiger partial charge in [-0.1, -0.05) is 12.1 Å². The summed E-state index contributed by atoms with van der Waals surface area (Å²) in [5, 5.41) is 1.19. The first kappa shape index (κ1) is 11.7. The van der Waals surface area contributed by atoms with Crippen LogP contribution >= 0.6 is 0 Å². The normalized spacial score (nSPS) is 16.1. The maximum absolute atomic E-state index is 4.53. The largest absolute Gasteiger partial charge is 0.355 e. The Kier molecular flexibility index (Phi) is 2.62. The minimum atomic E-state index is 1.04. The molecule has 4 heteroatoms. The van der Waals surface area contributed by atoms with Gasteiger partial charge in [0, 0.05) is 24.0 Å². The van der Waals surface area contributed by atoms with Crippen molar-refractivity contribution in [2.75, 3.05) is 18.0 Å². The molecule has 0 unspecified atom stereocenters. The van der Waals surface area contributed by atoms with Gasteiger partial charge < -0.3 is 9.88 Å². The van der Waals surface area contributed by atoms with Gasteiger partial charge in [0.05, 0.1) is 0 Å². The molecule has 4 rings (SSSR count). The fourth-order valence-corrected chi connectivity index (χ4v) is 3.14. The van der Waals surface area contributed by atoms with Crippen LogP contribution in [0.15, 0.2) is 24.5 Å². The molecule has 20 heavy (non-hydrogen) atoms. The fraction of sp³-hybridized carbons (Fsp3) is 0.375. The van der Waals surface area contributed by atoms with Crippen LogP contribution in [-0.2, 0) is 0 Å². The molecule has 1 aliphatic heterocycles. The Balaban J connectivity index is 1.95. The molecule has 4 nitrogen and oxygen atoms in total. The number of anilines is 1. The molecular formula is C16H18N4. The first-order chi connectivity index (χ1) is 9.83. The first-order valence-corrected chi connectivity index (χ1v) is 7.31. The summed E-state index contributed by atoms with van der Waals surface area (Å²) in [6.07, 6.45) is 5.53. The molecule has 2 aromatic heterocycles. The third-order valence-electron chi connectivity index (χ3n) is 4.17. The standard InChI is InChI=1S/C16H18N4/c1-11-5-6-12-13(9-11)19-15-14(12)17-10-18-16(15)20-7-3-2-4-8-20/h5-6,9-10,19H,2-4,7-8H2,1H3. The maximum Gasteiger partial charge on any atom is 0.156 e. The average molecular weight is 266 g/mol. The van der Waals surface area contributed by atoms with Crippen LogP contribution in [0.5, 0.6) is 0 Å². The number of fused-ring (bicyclic) bond motifs is 3. The van der Waals surface area contributed by atoms with Gasteiger partial charge in [-0.2, -0.15) is 0 Å². The van der Waals surface area contributed by atoms with Crippen LogP contribution in [-0.4, -0.2) is 28.0 Å². The van der Waals surface area contributed by atoms with E-state index in [-0.39, 0.29) is 0 Å². The van der Waals surface area contributed by atoms with Crippen LogP contribution in [0.4, 0.5) is 5.82 Å². The molecule has 0 radical (unpaired) electrons. The Morgan fingerprint density at radius 3 is 2.80 bits per heavy atom. The van der Waals surface area contributed by atoms with Crippen molar-refractivity contribution in [2.45, 2.75) is 26.2 Å². The predicted octanol–water partition coefficient (Wildman–Crippen LogP) is 3.41. The number of hydrogen-bond acceptors (Lipinski definition) is 3. The highest BCUT2D eigenvalue weighted by atomic mass is 15.2. The van der Waals surface area contributed by atoms with Crippen molar-refractivity contribution < 1.29 is 0 Å². The van der Waals surface area contributed by atoms with Crippen LogP contribution in [0.25, 0.3) is 21.9 Å². The van der Waals surface area contributed by atoms with E-state index >= 15 is 0 Å². The van der Waals surface area contributed by atoms with E-state index in [9.17, 15) is 0 Å². The average Bonchev–Trinajstić information content (AvgIpc) is 2.85. The quantitative estimate of drug-likeness (QED) is 0.734. The Hall–Kier alpha value is -2.10. The number of benzene rings is 1. The van der Waals surface area contributed by atoms with Crippen molar-refractivity contribution in [2.24, 2.45) is 0 Å². The number of aryl methyl sites for hydroxylation is 1. The summed E-state index contributed by atoms with van der Waals surface area (Å²) in [7, 11) is 0. The summed E-state index contributed by atoms with van der Waals surface area (Å²) < 4.78 is 0. The highest BCUT2D eigenvalue weighted by Gasteiger charge is 2.17. The van der Waals surface area contributed by atoms with E-state index in [4.69, 9.17) is 0 Å². The van der Waals surface area contributed by atoms with Gasteiger partial charge in [-0.25, -0.2) is 9.97 Å². The van der Waals surface area contributed by atoms with Crippen molar-refractivity contribution in [1.29, 1.82) is 0 Å². The van der Waals surface area contributed by atoms with E-state index in [1.807, 2.05) is 0 Å². The Bertz CT molecular complexity index is 769. The molecule has 1 N–H and O–H groups in total. The number of piperidine rings is 1. The van der Waals surface area contributed by atoms with Gasteiger partial charge in [0.15, 0.2) is 5.82 Å². The van der Waals surface area contributed by atoms with Crippen molar-refractivity contribution in [3.05, 3.63) is 30.1 Å². The zero-order valence-electron chi connectivity index (χ0n) is 11.7. The van der Waals surface area contributed by atoms with Crippen molar-refractivity contribution >= 4 is 27.8 Å². The lowest BCUT2D eigenvalue weighted by molar-refractivity contribution is 0.574. The van der Waals surface area contributed by atoms with Crippen LogP contribution in [0.1, 0.15) is 24.8 Å². The maximum atomic E-state index is 4.53. The van der Waals surface area contributed by atoms with E-state index in [1.54, 1.807) is 6.33 Å². The number of aromatic amines is 1. The number of hydrogen-bond donors (Lipinski definition) is 1. The summed E-state index contributed by atoms with van der Waals surface area (Å²) in [6.45, 7) is 4.31. The Morgan fingerprint density at radius 2 is 1.95 bits per heavy atom. The number of H-pyrrole nitrogens is 1. The lowest BCUT2D eigenvalue weighted by atomic mass is 10.1. The van der Waals surface area contributed by atoms with Gasteiger partial charge in [0.25, 0.3) is 0 Å². The molecule has 1 aliphatic rings. The van der Waals surface area contributed by atoms with Crippen LogP contribution in [0.3, 0.4) is 0 Å². The van der Waals surface area contributed by atoms with Gasteiger partial charge in [0.2, 0.25) is 0 Å². The molecule has 0 atom stereocenters. The Labute approximate surface area is 117 Å². The van der Waals surface area contributed by atoms with E-state index in [2.05, 4.69) is 45.0 Å². The van der Waals surface area contributed by atoms with Gasteiger partial charge in [-0.3, -0.25) is 0 Å². The van der Waals surface area contributed by atoms with Crippen LogP contribution in [0, 0.1) is 6.92 Å². The molecule has 1 aromatic carbocycles. The van der Waals surface area contributed by atoms with Crippen molar-refractivity contribution in [1.82, 2.24) is 15.0 Å². The minimum absolute atomic E-state index is 1.04. The number of aromatic nitrogens is 3. The lowest BCUT2D eigenvalue weighted by Crippen LogP contribution is -2.30. The van der Waals surface area contributed by atoms with Crippen LogP contribution in [0.2, 0.25) is 0 Å². The molecule has 3 aromatic rings. The summed E-state index contributed by atoms with van der Waals surface area (Å²) >= 11 is 0. The van der Waals surface area contributed by atoms with E-state index in [0.29, 0.717) is 0 Å². The SMILES string of the molecule is Cc1ccc2c(c1)[nH]c1c(N3CCCCC3)ncnc12. The van der Waals surface area contributed by atoms with Gasteiger partial charge in [-0.15, -0.1) is 0 Å². The monoisotopic (exact) mass is 266 g/mol. The van der Waals surface area contributed by atoms with Gasteiger partial charge >= 0.3 is 0 Å². The van der Waals surface area contributed by atoms with E-state index in [0.717, 1.165) is 35.5 Å². The smallest absolute Gasteiger partial charge is 0.156 e. The topological polar surface area (TPSA) is 44.8 Å². The van der Waals surface area contributed by atoms with E-state index in [1.165, 1.54) is 30.2 Å². The second-order valence-electron chi connectivity index (χ2n) is 5.64. The molecule has 0 amide bonds. The zero-order chi connectivity index (χ0) is 13.5. The zero-order valence-corrected chi connectivity index (χ0v) is 11.7. The summed E-state index contributed by atoms with van der Waals surface area (Å²) in [6, 6.07) is 6.46. The molecule has 102 valence electrons. The third-order valence-corrected chi connectivity index (χ3v) is 4.17. The van der Waals surface area contributed by atoms with Crippen molar-refractivity contribution in [3.8, 4) is 0 Å². The lowest BCUT2D eigenvalue weighted by Gasteiger charge is -2.27. The predicted molar refractivity (Wildman–Crippen MR) is 82.2 cm³/mol. The molecule has 0 bridgehead atoms. The molecule has 3 heterocycles. The summed E-state index contributed by atoms with van der Waals surface area (Å²) in [5.41, 5.74) is 4.53. The van der Waals surface area contributed by atoms with Crippen molar-refractivity contribution in [3.63, 3.8) is 0 Å². The molecule has 0 saturated carbocycles.